The molecule has 3 heterocycles. The molecule has 0 atom stereocenters. The zero-order valence-corrected chi connectivity index (χ0v) is 16.8. The summed E-state index contributed by atoms with van der Waals surface area (Å²) in [6.45, 7) is -0.155. The van der Waals surface area contributed by atoms with Gasteiger partial charge in [-0.25, -0.2) is 14.0 Å². The first-order valence-electron chi connectivity index (χ1n) is 8.81. The van der Waals surface area contributed by atoms with Crippen LogP contribution in [0.25, 0.3) is 11.5 Å². The molecule has 0 spiro atoms. The van der Waals surface area contributed by atoms with Crippen LogP contribution < -0.4 is 5.48 Å². The minimum absolute atomic E-state index is 0.0237. The molecule has 0 amide bonds. The second-order valence-corrected chi connectivity index (χ2v) is 6.71. The molecule has 0 aliphatic heterocycles. The second kappa shape index (κ2) is 8.87. The van der Waals surface area contributed by atoms with E-state index in [4.69, 9.17) is 16.2 Å². The Kier molecular flexibility index (Phi) is 5.97. The average molecular weight is 484 g/mol. The van der Waals surface area contributed by atoms with Crippen molar-refractivity contribution in [3.05, 3.63) is 64.3 Å². The van der Waals surface area contributed by atoms with Crippen molar-refractivity contribution in [2.24, 2.45) is 4.99 Å². The number of hydroxylamine groups is 1. The van der Waals surface area contributed by atoms with Gasteiger partial charge in [0.1, 0.15) is 23.7 Å². The number of benzene rings is 1. The van der Waals surface area contributed by atoms with E-state index in [0.29, 0.717) is 6.20 Å². The van der Waals surface area contributed by atoms with Crippen LogP contribution in [0.4, 0.5) is 23.2 Å². The summed E-state index contributed by atoms with van der Waals surface area (Å²) in [6.07, 6.45) is -3.86. The molecule has 33 heavy (non-hydrogen) atoms. The summed E-state index contributed by atoms with van der Waals surface area (Å²) in [5.41, 5.74) is 1.29. The fraction of sp³-hybridized carbons (Fsp3) is 0.118. The molecule has 4 rings (SSSR count). The van der Waals surface area contributed by atoms with Crippen LogP contribution in [0.1, 0.15) is 17.0 Å². The van der Waals surface area contributed by atoms with Crippen LogP contribution in [0.3, 0.4) is 0 Å². The Balaban J connectivity index is 1.56. The molecule has 0 fully saturated rings. The minimum Gasteiger partial charge on any atom is -0.290 e. The molecule has 2 N–H and O–H groups in total. The van der Waals surface area contributed by atoms with Crippen LogP contribution in [0.15, 0.2) is 46.2 Å². The number of tetrazole rings is 1. The summed E-state index contributed by atoms with van der Waals surface area (Å²) in [6, 6.07) is 5.59. The van der Waals surface area contributed by atoms with Crippen molar-refractivity contribution in [1.29, 1.82) is 0 Å². The molecule has 4 aromatic rings. The van der Waals surface area contributed by atoms with E-state index in [0.717, 1.165) is 23.0 Å². The van der Waals surface area contributed by atoms with Crippen molar-refractivity contribution in [3.63, 3.8) is 0 Å². The lowest BCUT2D eigenvalue weighted by Crippen LogP contribution is -2.23. The maximum atomic E-state index is 13.3. The maximum Gasteiger partial charge on any atom is 0.417 e. The summed E-state index contributed by atoms with van der Waals surface area (Å²) >= 11 is 5.73. The molecule has 11 nitrogen and oxygen atoms in total. The van der Waals surface area contributed by atoms with Crippen LogP contribution >= 0.6 is 11.6 Å². The smallest absolute Gasteiger partial charge is 0.290 e. The Bertz CT molecular complexity index is 1300. The van der Waals surface area contributed by atoms with Gasteiger partial charge in [0.15, 0.2) is 11.5 Å². The number of aromatic nitrogens is 7. The summed E-state index contributed by atoms with van der Waals surface area (Å²) < 4.78 is 56.1. The van der Waals surface area contributed by atoms with Crippen molar-refractivity contribution in [3.8, 4) is 11.5 Å². The van der Waals surface area contributed by atoms with E-state index in [1.165, 1.54) is 12.1 Å². The SMILES string of the molecule is ONC(=Nc1ccc(F)c(Cl)c1)c1nonc1Cn1nnc(-c2ccc(C(F)(F)F)cn2)n1. The molecular formula is C17H10ClF4N9O2. The van der Waals surface area contributed by atoms with E-state index < -0.39 is 17.6 Å². The van der Waals surface area contributed by atoms with Crippen LogP contribution in [-0.4, -0.2) is 46.5 Å². The normalized spacial score (nSPS) is 12.2. The number of rotatable bonds is 5. The van der Waals surface area contributed by atoms with Crippen molar-refractivity contribution < 1.29 is 27.4 Å². The van der Waals surface area contributed by atoms with Crippen molar-refractivity contribution in [2.75, 3.05) is 0 Å². The Morgan fingerprint density at radius 3 is 2.70 bits per heavy atom. The van der Waals surface area contributed by atoms with Gasteiger partial charge in [-0.1, -0.05) is 16.8 Å². The fourth-order valence-electron chi connectivity index (χ4n) is 2.55. The predicted molar refractivity (Wildman–Crippen MR) is 102 cm³/mol. The minimum atomic E-state index is -4.52. The third-order valence-electron chi connectivity index (χ3n) is 4.09. The highest BCUT2D eigenvalue weighted by Crippen LogP contribution is 2.29. The highest BCUT2D eigenvalue weighted by molar-refractivity contribution is 6.31. The molecule has 0 radical (unpaired) electrons. The standard InChI is InChI=1S/C17H10ClF4N9O2/c18-10-5-9(2-3-11(10)19)24-16(27-32)14-13(28-33-29-14)7-31-26-15(25-30-31)12-4-1-8(6-23-12)17(20,21)22/h1-6,32H,7H2,(H,24,27). The highest BCUT2D eigenvalue weighted by Gasteiger charge is 2.31. The number of nitrogens with one attached hydrogen (secondary N) is 1. The zero-order chi connectivity index (χ0) is 23.6. The lowest BCUT2D eigenvalue weighted by Gasteiger charge is -2.05. The quantitative estimate of drug-likeness (QED) is 0.190. The summed E-state index contributed by atoms with van der Waals surface area (Å²) in [5.74, 6) is -0.871. The first-order valence-corrected chi connectivity index (χ1v) is 9.19. The van der Waals surface area contributed by atoms with E-state index in [1.54, 1.807) is 0 Å². The first-order chi connectivity index (χ1) is 15.7. The zero-order valence-electron chi connectivity index (χ0n) is 16.0. The van der Waals surface area contributed by atoms with Crippen LogP contribution in [0, 0.1) is 5.82 Å². The van der Waals surface area contributed by atoms with E-state index in [2.05, 4.69) is 35.7 Å². The molecular weight excluding hydrogens is 474 g/mol. The van der Waals surface area contributed by atoms with Gasteiger partial charge in [0.25, 0.3) is 0 Å². The number of hydrogen-bond donors (Lipinski definition) is 2. The Hall–Kier alpha value is -3.98. The van der Waals surface area contributed by atoms with Gasteiger partial charge in [-0.3, -0.25) is 15.7 Å². The number of amidine groups is 1. The van der Waals surface area contributed by atoms with Gasteiger partial charge in [0, 0.05) is 6.20 Å². The lowest BCUT2D eigenvalue weighted by atomic mass is 10.2. The van der Waals surface area contributed by atoms with Crippen LogP contribution in [0.5, 0.6) is 0 Å². The molecule has 0 unspecified atom stereocenters. The number of nitrogens with zero attached hydrogens (tertiary/aromatic N) is 8. The van der Waals surface area contributed by atoms with Gasteiger partial charge >= 0.3 is 6.18 Å². The third kappa shape index (κ3) is 4.93. The second-order valence-electron chi connectivity index (χ2n) is 6.30. The molecule has 0 aliphatic rings. The Morgan fingerprint density at radius 1 is 1.21 bits per heavy atom. The molecule has 0 aliphatic carbocycles. The van der Waals surface area contributed by atoms with E-state index in [-0.39, 0.29) is 46.0 Å². The van der Waals surface area contributed by atoms with Gasteiger partial charge in [-0.15, -0.1) is 10.2 Å². The predicted octanol–water partition coefficient (Wildman–Crippen LogP) is 3.03. The molecule has 0 saturated heterocycles. The highest BCUT2D eigenvalue weighted by atomic mass is 35.5. The molecule has 16 heteroatoms. The number of halogens is 5. The number of hydrogen-bond acceptors (Lipinski definition) is 9. The molecule has 0 saturated carbocycles. The third-order valence-corrected chi connectivity index (χ3v) is 4.38. The van der Waals surface area contributed by atoms with Crippen molar-refractivity contribution in [2.45, 2.75) is 12.7 Å². The average Bonchev–Trinajstić information content (AvgIpc) is 3.44. The van der Waals surface area contributed by atoms with Gasteiger partial charge < -0.3 is 0 Å². The van der Waals surface area contributed by atoms with Gasteiger partial charge in [-0.05, 0) is 40.7 Å². The number of alkyl halides is 3. The Labute approximate surface area is 185 Å². The summed E-state index contributed by atoms with van der Waals surface area (Å²) in [5, 5.41) is 28.2. The van der Waals surface area contributed by atoms with Crippen molar-refractivity contribution >= 4 is 23.1 Å². The van der Waals surface area contributed by atoms with E-state index in [9.17, 15) is 22.8 Å². The molecule has 0 bridgehead atoms. The van der Waals surface area contributed by atoms with Gasteiger partial charge in [-0.2, -0.15) is 18.0 Å². The Morgan fingerprint density at radius 2 is 2.03 bits per heavy atom. The number of pyridine rings is 1. The van der Waals surface area contributed by atoms with E-state index >= 15 is 0 Å². The van der Waals surface area contributed by atoms with E-state index in [1.807, 2.05) is 5.48 Å². The maximum absolute atomic E-state index is 13.3. The van der Waals surface area contributed by atoms with Crippen LogP contribution in [0.2, 0.25) is 5.02 Å². The topological polar surface area (TPSA) is 140 Å². The fourth-order valence-corrected chi connectivity index (χ4v) is 2.72. The van der Waals surface area contributed by atoms with Crippen molar-refractivity contribution in [1.82, 2.24) is 41.0 Å². The monoisotopic (exact) mass is 483 g/mol. The molecule has 3 aromatic heterocycles. The summed E-state index contributed by atoms with van der Waals surface area (Å²) in [4.78, 5) is 8.84. The number of aliphatic imine (C=N–C) groups is 1. The van der Waals surface area contributed by atoms with Gasteiger partial charge in [0.2, 0.25) is 5.82 Å². The molecule has 1 aromatic carbocycles. The molecule has 170 valence electrons. The lowest BCUT2D eigenvalue weighted by molar-refractivity contribution is -0.137. The largest absolute Gasteiger partial charge is 0.417 e. The first kappa shape index (κ1) is 22.2. The summed E-state index contributed by atoms with van der Waals surface area (Å²) in [7, 11) is 0. The van der Waals surface area contributed by atoms with Gasteiger partial charge in [0.05, 0.1) is 16.3 Å². The van der Waals surface area contributed by atoms with Crippen LogP contribution in [-0.2, 0) is 12.7 Å².